The van der Waals surface area contributed by atoms with E-state index in [1.165, 1.54) is 5.56 Å². The highest BCUT2D eigenvalue weighted by Crippen LogP contribution is 2.29. The second kappa shape index (κ2) is 7.42. The number of rotatable bonds is 4. The highest BCUT2D eigenvalue weighted by molar-refractivity contribution is 5.84. The van der Waals surface area contributed by atoms with Crippen molar-refractivity contribution >= 4 is 5.91 Å². The van der Waals surface area contributed by atoms with Gasteiger partial charge in [0.1, 0.15) is 0 Å². The summed E-state index contributed by atoms with van der Waals surface area (Å²) in [5.41, 5.74) is 8.29. The fourth-order valence-electron chi connectivity index (χ4n) is 3.44. The summed E-state index contributed by atoms with van der Waals surface area (Å²) in [5.74, 6) is 0.517. The third-order valence-corrected chi connectivity index (χ3v) is 4.81. The lowest BCUT2D eigenvalue weighted by Gasteiger charge is -2.34. The Morgan fingerprint density at radius 2 is 1.57 bits per heavy atom. The molecule has 2 N–H and O–H groups in total. The number of piperidine rings is 1. The first-order valence-corrected chi connectivity index (χ1v) is 8.38. The average Bonchev–Trinajstić information content (AvgIpc) is 2.64. The van der Waals surface area contributed by atoms with Crippen LogP contribution in [-0.2, 0) is 4.79 Å². The predicted molar refractivity (Wildman–Crippen MR) is 93.2 cm³/mol. The van der Waals surface area contributed by atoms with E-state index >= 15 is 0 Å². The number of likely N-dealkylation sites (tertiary alicyclic amines) is 1. The Hall–Kier alpha value is -2.13. The normalized spacial score (nSPS) is 17.0. The van der Waals surface area contributed by atoms with Crippen molar-refractivity contribution in [2.75, 3.05) is 19.6 Å². The van der Waals surface area contributed by atoms with Crippen LogP contribution in [0.4, 0.5) is 0 Å². The maximum atomic E-state index is 12.8. The Morgan fingerprint density at radius 1 is 1.00 bits per heavy atom. The van der Waals surface area contributed by atoms with Crippen LogP contribution in [0.5, 0.6) is 0 Å². The van der Waals surface area contributed by atoms with Crippen molar-refractivity contribution in [3.8, 4) is 0 Å². The third-order valence-electron chi connectivity index (χ3n) is 4.81. The molecule has 1 atom stereocenters. The van der Waals surface area contributed by atoms with Gasteiger partial charge in [0.05, 0.1) is 5.92 Å². The van der Waals surface area contributed by atoms with Crippen LogP contribution in [-0.4, -0.2) is 30.4 Å². The monoisotopic (exact) mass is 308 g/mol. The molecule has 23 heavy (non-hydrogen) atoms. The Labute approximate surface area is 138 Å². The Morgan fingerprint density at radius 3 is 2.13 bits per heavy atom. The molecule has 3 rings (SSSR count). The zero-order valence-corrected chi connectivity index (χ0v) is 13.4. The quantitative estimate of drug-likeness (QED) is 0.943. The summed E-state index contributed by atoms with van der Waals surface area (Å²) in [6.07, 6.45) is 2.06. The molecule has 1 aliphatic heterocycles. The molecule has 2 aromatic carbocycles. The second-order valence-electron chi connectivity index (χ2n) is 6.21. The summed E-state index contributed by atoms with van der Waals surface area (Å²) < 4.78 is 0. The molecule has 0 saturated carbocycles. The van der Waals surface area contributed by atoms with E-state index in [0.717, 1.165) is 31.5 Å². The van der Waals surface area contributed by atoms with E-state index in [1.807, 2.05) is 41.3 Å². The lowest BCUT2D eigenvalue weighted by Crippen LogP contribution is -2.42. The Bertz CT molecular complexity index is 619. The van der Waals surface area contributed by atoms with Crippen LogP contribution in [0.1, 0.15) is 35.8 Å². The second-order valence-corrected chi connectivity index (χ2v) is 6.21. The third kappa shape index (κ3) is 3.62. The number of hydrogen-bond donors (Lipinski definition) is 1. The van der Waals surface area contributed by atoms with Crippen molar-refractivity contribution in [2.45, 2.75) is 24.7 Å². The first-order valence-electron chi connectivity index (χ1n) is 8.38. The molecule has 1 heterocycles. The summed E-state index contributed by atoms with van der Waals surface area (Å²) in [6.45, 7) is 2.00. The molecule has 1 amide bonds. The minimum atomic E-state index is -0.218. The van der Waals surface area contributed by atoms with E-state index in [0.29, 0.717) is 12.5 Å². The van der Waals surface area contributed by atoms with Crippen LogP contribution in [0.15, 0.2) is 60.7 Å². The number of hydrogen-bond acceptors (Lipinski definition) is 2. The molecule has 3 heteroatoms. The zero-order valence-electron chi connectivity index (χ0n) is 13.4. The van der Waals surface area contributed by atoms with Crippen LogP contribution in [0.2, 0.25) is 0 Å². The van der Waals surface area contributed by atoms with E-state index in [9.17, 15) is 4.79 Å². The molecule has 2 aromatic rings. The van der Waals surface area contributed by atoms with Gasteiger partial charge in [-0.15, -0.1) is 0 Å². The van der Waals surface area contributed by atoms with Crippen LogP contribution < -0.4 is 5.73 Å². The molecule has 1 unspecified atom stereocenters. The average molecular weight is 308 g/mol. The van der Waals surface area contributed by atoms with Crippen molar-refractivity contribution in [1.29, 1.82) is 0 Å². The van der Waals surface area contributed by atoms with Gasteiger partial charge < -0.3 is 10.6 Å². The van der Waals surface area contributed by atoms with Crippen molar-refractivity contribution in [1.82, 2.24) is 4.90 Å². The van der Waals surface area contributed by atoms with Crippen molar-refractivity contribution in [3.05, 3.63) is 71.8 Å². The van der Waals surface area contributed by atoms with E-state index in [-0.39, 0.29) is 11.8 Å². The number of nitrogens with zero attached hydrogens (tertiary/aromatic N) is 1. The fourth-order valence-corrected chi connectivity index (χ4v) is 3.44. The minimum Gasteiger partial charge on any atom is -0.342 e. The molecule has 0 spiro atoms. The Kier molecular flexibility index (Phi) is 5.09. The molecular formula is C20H24N2O. The summed E-state index contributed by atoms with van der Waals surface area (Å²) in [5, 5.41) is 0. The van der Waals surface area contributed by atoms with Gasteiger partial charge in [0, 0.05) is 19.6 Å². The van der Waals surface area contributed by atoms with Gasteiger partial charge in [0.25, 0.3) is 0 Å². The molecule has 3 nitrogen and oxygen atoms in total. The van der Waals surface area contributed by atoms with Gasteiger partial charge >= 0.3 is 0 Å². The number of amides is 1. The van der Waals surface area contributed by atoms with E-state index in [2.05, 4.69) is 24.3 Å². The first kappa shape index (κ1) is 15.8. The molecule has 120 valence electrons. The fraction of sp³-hybridized carbons (Fsp3) is 0.350. The molecule has 1 fully saturated rings. The van der Waals surface area contributed by atoms with Crippen LogP contribution in [0.25, 0.3) is 0 Å². The van der Waals surface area contributed by atoms with Crippen molar-refractivity contribution < 1.29 is 4.79 Å². The van der Waals surface area contributed by atoms with E-state index < -0.39 is 0 Å². The van der Waals surface area contributed by atoms with Gasteiger partial charge in [0.2, 0.25) is 5.91 Å². The molecule has 0 aromatic heterocycles. The highest BCUT2D eigenvalue weighted by atomic mass is 16.2. The number of carbonyl (C=O) groups is 1. The van der Waals surface area contributed by atoms with Gasteiger partial charge in [-0.25, -0.2) is 0 Å². The molecule has 1 saturated heterocycles. The lowest BCUT2D eigenvalue weighted by atomic mass is 9.88. The largest absolute Gasteiger partial charge is 0.342 e. The molecule has 0 bridgehead atoms. The maximum absolute atomic E-state index is 12.8. The van der Waals surface area contributed by atoms with Crippen LogP contribution >= 0.6 is 0 Å². The summed E-state index contributed by atoms with van der Waals surface area (Å²) >= 11 is 0. The minimum absolute atomic E-state index is 0.171. The van der Waals surface area contributed by atoms with Crippen molar-refractivity contribution in [3.63, 3.8) is 0 Å². The van der Waals surface area contributed by atoms with Gasteiger partial charge in [0.15, 0.2) is 0 Å². The predicted octanol–water partition coefficient (Wildman–Crippen LogP) is 3.14. The first-order chi connectivity index (χ1) is 11.3. The summed E-state index contributed by atoms with van der Waals surface area (Å²) in [4.78, 5) is 14.8. The molecule has 0 radical (unpaired) electrons. The lowest BCUT2D eigenvalue weighted by molar-refractivity contribution is -0.133. The van der Waals surface area contributed by atoms with Gasteiger partial charge in [-0.05, 0) is 29.9 Å². The summed E-state index contributed by atoms with van der Waals surface area (Å²) in [6, 6.07) is 20.5. The highest BCUT2D eigenvalue weighted by Gasteiger charge is 2.28. The topological polar surface area (TPSA) is 46.3 Å². The van der Waals surface area contributed by atoms with E-state index in [1.54, 1.807) is 0 Å². The smallest absolute Gasteiger partial charge is 0.231 e. The van der Waals surface area contributed by atoms with Gasteiger partial charge in [-0.1, -0.05) is 60.7 Å². The maximum Gasteiger partial charge on any atom is 0.231 e. The Balaban J connectivity index is 1.64. The molecule has 0 aliphatic carbocycles. The number of carbonyl (C=O) groups excluding carboxylic acids is 1. The van der Waals surface area contributed by atoms with Gasteiger partial charge in [-0.2, -0.15) is 0 Å². The summed E-state index contributed by atoms with van der Waals surface area (Å²) in [7, 11) is 0. The van der Waals surface area contributed by atoms with Gasteiger partial charge in [-0.3, -0.25) is 4.79 Å². The molecular weight excluding hydrogens is 284 g/mol. The number of benzene rings is 2. The van der Waals surface area contributed by atoms with E-state index in [4.69, 9.17) is 5.73 Å². The van der Waals surface area contributed by atoms with Crippen LogP contribution in [0, 0.1) is 0 Å². The zero-order chi connectivity index (χ0) is 16.1. The van der Waals surface area contributed by atoms with Crippen molar-refractivity contribution in [2.24, 2.45) is 5.73 Å². The van der Waals surface area contributed by atoms with Crippen LogP contribution in [0.3, 0.4) is 0 Å². The number of nitrogens with two attached hydrogens (primary N) is 1. The molecule has 1 aliphatic rings. The SMILES string of the molecule is NCC(C(=O)N1CCC(c2ccccc2)CC1)c1ccccc1. The standard InChI is InChI=1S/C20H24N2O/c21-15-19(18-9-5-2-6-10-18)20(23)22-13-11-17(12-14-22)16-7-3-1-4-8-16/h1-10,17,19H,11-15,21H2.